The van der Waals surface area contributed by atoms with Gasteiger partial charge in [-0.1, -0.05) is 0 Å². The Morgan fingerprint density at radius 3 is 2.75 bits per heavy atom. The molecule has 0 bridgehead atoms. The first-order valence-electron chi connectivity index (χ1n) is 4.63. The second-order valence-corrected chi connectivity index (χ2v) is 4.02. The zero-order valence-corrected chi connectivity index (χ0v) is 8.99. The Balaban J connectivity index is 3.09. The molecule has 1 aromatic rings. The summed E-state index contributed by atoms with van der Waals surface area (Å²) in [6.45, 7) is 3.14. The maximum Gasteiger partial charge on any atom is 0.339 e. The summed E-state index contributed by atoms with van der Waals surface area (Å²) in [5.74, 6) is -1.96. The Morgan fingerprint density at radius 1 is 1.62 bits per heavy atom. The predicted molar refractivity (Wildman–Crippen MR) is 55.9 cm³/mol. The van der Waals surface area contributed by atoms with Crippen molar-refractivity contribution in [3.8, 4) is 0 Å². The van der Waals surface area contributed by atoms with E-state index in [1.54, 1.807) is 13.8 Å². The van der Waals surface area contributed by atoms with Gasteiger partial charge in [-0.25, -0.2) is 14.2 Å². The summed E-state index contributed by atoms with van der Waals surface area (Å²) in [5, 5.41) is 20.6. The first-order chi connectivity index (χ1) is 7.35. The zero-order chi connectivity index (χ0) is 12.3. The standard InChI is InChI=1S/C10H13FN2O3/c1-10(2,5-14)13-8-7(9(15)16)3-6(11)4-12-8/h3-4,14H,5H2,1-2H3,(H,12,13)(H,15,16). The quantitative estimate of drug-likeness (QED) is 0.718. The number of rotatable bonds is 4. The fourth-order valence-electron chi connectivity index (χ4n) is 1.06. The lowest BCUT2D eigenvalue weighted by atomic mass is 10.1. The molecule has 0 radical (unpaired) electrons. The van der Waals surface area contributed by atoms with Crippen molar-refractivity contribution in [1.82, 2.24) is 4.98 Å². The highest BCUT2D eigenvalue weighted by molar-refractivity contribution is 5.93. The van der Waals surface area contributed by atoms with E-state index in [-0.39, 0.29) is 18.0 Å². The van der Waals surface area contributed by atoms with Gasteiger partial charge in [-0.2, -0.15) is 0 Å². The average molecular weight is 228 g/mol. The lowest BCUT2D eigenvalue weighted by Gasteiger charge is -2.24. The fraction of sp³-hybridized carbons (Fsp3) is 0.400. The number of carboxylic acids is 1. The highest BCUT2D eigenvalue weighted by Gasteiger charge is 2.21. The third-order valence-corrected chi connectivity index (χ3v) is 1.94. The molecule has 0 aliphatic carbocycles. The van der Waals surface area contributed by atoms with Crippen LogP contribution < -0.4 is 5.32 Å². The number of pyridine rings is 1. The van der Waals surface area contributed by atoms with Crippen molar-refractivity contribution in [2.45, 2.75) is 19.4 Å². The van der Waals surface area contributed by atoms with Gasteiger partial charge in [-0.3, -0.25) is 0 Å². The Bertz CT molecular complexity index is 407. The van der Waals surface area contributed by atoms with E-state index in [0.717, 1.165) is 12.3 Å². The molecule has 0 unspecified atom stereocenters. The van der Waals surface area contributed by atoms with E-state index >= 15 is 0 Å². The SMILES string of the molecule is CC(C)(CO)Nc1ncc(F)cc1C(=O)O. The van der Waals surface area contributed by atoms with E-state index in [9.17, 15) is 9.18 Å². The molecule has 5 nitrogen and oxygen atoms in total. The van der Waals surface area contributed by atoms with Gasteiger partial charge in [0, 0.05) is 0 Å². The molecule has 0 spiro atoms. The molecule has 1 heterocycles. The van der Waals surface area contributed by atoms with Gasteiger partial charge in [0.15, 0.2) is 0 Å². The number of nitrogens with zero attached hydrogens (tertiary/aromatic N) is 1. The van der Waals surface area contributed by atoms with Crippen LogP contribution in [-0.4, -0.2) is 33.3 Å². The van der Waals surface area contributed by atoms with E-state index in [2.05, 4.69) is 10.3 Å². The highest BCUT2D eigenvalue weighted by Crippen LogP contribution is 2.18. The van der Waals surface area contributed by atoms with Crippen molar-refractivity contribution in [1.29, 1.82) is 0 Å². The molecular weight excluding hydrogens is 215 g/mol. The molecule has 16 heavy (non-hydrogen) atoms. The van der Waals surface area contributed by atoms with Crippen LogP contribution in [0.3, 0.4) is 0 Å². The van der Waals surface area contributed by atoms with E-state index in [1.807, 2.05) is 0 Å². The normalized spacial score (nSPS) is 11.2. The van der Waals surface area contributed by atoms with Gasteiger partial charge in [-0.15, -0.1) is 0 Å². The number of carbonyl (C=O) groups is 1. The number of carboxylic acid groups (broad SMARTS) is 1. The summed E-state index contributed by atoms with van der Waals surface area (Å²) in [5.41, 5.74) is -0.990. The zero-order valence-electron chi connectivity index (χ0n) is 8.99. The van der Waals surface area contributed by atoms with E-state index in [4.69, 9.17) is 10.2 Å². The van der Waals surface area contributed by atoms with Gasteiger partial charge >= 0.3 is 5.97 Å². The molecule has 0 saturated heterocycles. The number of aromatic nitrogens is 1. The van der Waals surface area contributed by atoms with Gasteiger partial charge < -0.3 is 15.5 Å². The molecule has 0 saturated carbocycles. The summed E-state index contributed by atoms with van der Waals surface area (Å²) in [7, 11) is 0. The molecule has 0 amide bonds. The molecule has 0 aliphatic heterocycles. The second-order valence-electron chi connectivity index (χ2n) is 4.02. The maximum atomic E-state index is 12.8. The highest BCUT2D eigenvalue weighted by atomic mass is 19.1. The topological polar surface area (TPSA) is 82.5 Å². The monoisotopic (exact) mass is 228 g/mol. The van der Waals surface area contributed by atoms with Crippen molar-refractivity contribution < 1.29 is 19.4 Å². The number of anilines is 1. The number of aromatic carboxylic acids is 1. The fourth-order valence-corrected chi connectivity index (χ4v) is 1.06. The van der Waals surface area contributed by atoms with Gasteiger partial charge in [0.1, 0.15) is 17.2 Å². The minimum Gasteiger partial charge on any atom is -0.478 e. The van der Waals surface area contributed by atoms with Gasteiger partial charge in [0.2, 0.25) is 0 Å². The molecule has 3 N–H and O–H groups in total. The molecule has 1 aromatic heterocycles. The van der Waals surface area contributed by atoms with Crippen LogP contribution in [0, 0.1) is 5.82 Å². The summed E-state index contributed by atoms with van der Waals surface area (Å²) < 4.78 is 12.8. The van der Waals surface area contributed by atoms with E-state index in [1.165, 1.54) is 0 Å². The van der Waals surface area contributed by atoms with Crippen LogP contribution in [0.5, 0.6) is 0 Å². The van der Waals surface area contributed by atoms with E-state index < -0.39 is 17.3 Å². The second kappa shape index (κ2) is 4.44. The van der Waals surface area contributed by atoms with Crippen molar-refractivity contribution in [2.75, 3.05) is 11.9 Å². The Labute approximate surface area is 91.9 Å². The van der Waals surface area contributed by atoms with Gasteiger partial charge in [0.25, 0.3) is 0 Å². The summed E-state index contributed by atoms with van der Waals surface area (Å²) >= 11 is 0. The van der Waals surface area contributed by atoms with Crippen molar-refractivity contribution in [2.24, 2.45) is 0 Å². The number of aliphatic hydroxyl groups excluding tert-OH is 1. The molecule has 0 fully saturated rings. The smallest absolute Gasteiger partial charge is 0.339 e. The van der Waals surface area contributed by atoms with E-state index in [0.29, 0.717) is 0 Å². The van der Waals surface area contributed by atoms with Crippen molar-refractivity contribution >= 4 is 11.8 Å². The lowest BCUT2D eigenvalue weighted by Crippen LogP contribution is -2.36. The van der Waals surface area contributed by atoms with Crippen LogP contribution in [0.2, 0.25) is 0 Å². The molecule has 88 valence electrons. The number of nitrogens with one attached hydrogen (secondary N) is 1. The number of hydrogen-bond donors (Lipinski definition) is 3. The third-order valence-electron chi connectivity index (χ3n) is 1.94. The van der Waals surface area contributed by atoms with Gasteiger partial charge in [0.05, 0.1) is 18.3 Å². The molecular formula is C10H13FN2O3. The van der Waals surface area contributed by atoms with Crippen molar-refractivity contribution in [3.05, 3.63) is 23.6 Å². The van der Waals surface area contributed by atoms with Crippen LogP contribution >= 0.6 is 0 Å². The van der Waals surface area contributed by atoms with Crippen LogP contribution in [-0.2, 0) is 0 Å². The predicted octanol–water partition coefficient (Wildman–Crippen LogP) is 1.10. The first-order valence-corrected chi connectivity index (χ1v) is 4.63. The largest absolute Gasteiger partial charge is 0.478 e. The Kier molecular flexibility index (Phi) is 3.44. The van der Waals surface area contributed by atoms with Crippen LogP contribution in [0.15, 0.2) is 12.3 Å². The van der Waals surface area contributed by atoms with Crippen LogP contribution in [0.1, 0.15) is 24.2 Å². The lowest BCUT2D eigenvalue weighted by molar-refractivity contribution is 0.0696. The maximum absolute atomic E-state index is 12.8. The summed E-state index contributed by atoms with van der Waals surface area (Å²) in [6, 6.07) is 0.880. The Hall–Kier alpha value is -1.69. The number of halogens is 1. The molecule has 0 atom stereocenters. The molecule has 6 heteroatoms. The van der Waals surface area contributed by atoms with Crippen LogP contribution in [0.25, 0.3) is 0 Å². The minimum atomic E-state index is -1.27. The minimum absolute atomic E-state index is 0.0351. The molecule has 0 aliphatic rings. The third kappa shape index (κ3) is 2.90. The summed E-state index contributed by atoms with van der Waals surface area (Å²) in [4.78, 5) is 14.5. The molecule has 0 aromatic carbocycles. The summed E-state index contributed by atoms with van der Waals surface area (Å²) in [6.07, 6.45) is 0.919. The van der Waals surface area contributed by atoms with Crippen LogP contribution in [0.4, 0.5) is 10.2 Å². The van der Waals surface area contributed by atoms with Crippen molar-refractivity contribution in [3.63, 3.8) is 0 Å². The average Bonchev–Trinajstić information content (AvgIpc) is 2.20. The van der Waals surface area contributed by atoms with Gasteiger partial charge in [-0.05, 0) is 19.9 Å². The number of aliphatic hydroxyl groups is 1. The number of hydrogen-bond acceptors (Lipinski definition) is 4. The first kappa shape index (κ1) is 12.4. The molecule has 1 rings (SSSR count). The Morgan fingerprint density at radius 2 is 2.25 bits per heavy atom.